The molecule has 1 atom stereocenters. The number of likely N-dealkylation sites (N-methyl/N-ethyl adjacent to an activating group) is 1. The average molecular weight is 364 g/mol. The molecule has 1 aliphatic rings. The molecule has 1 fully saturated rings. The van der Waals surface area contributed by atoms with Gasteiger partial charge in [-0.05, 0) is 24.6 Å². The molecule has 0 aromatic heterocycles. The van der Waals surface area contributed by atoms with Gasteiger partial charge in [-0.3, -0.25) is 4.79 Å². The van der Waals surface area contributed by atoms with Crippen LogP contribution < -0.4 is 0 Å². The zero-order valence-corrected chi connectivity index (χ0v) is 13.9. The summed E-state index contributed by atoms with van der Waals surface area (Å²) in [6.45, 7) is -0.599. The number of carbonyl (C=O) groups is 2. The van der Waals surface area contributed by atoms with Crippen LogP contribution in [0.15, 0.2) is 18.2 Å². The number of nitrogens with zero attached hydrogens (tertiary/aromatic N) is 1. The van der Waals surface area contributed by atoms with Gasteiger partial charge in [-0.1, -0.05) is 11.6 Å². The van der Waals surface area contributed by atoms with Crippen molar-refractivity contribution >= 4 is 33.3 Å². The molecule has 126 valence electrons. The van der Waals surface area contributed by atoms with E-state index in [1.807, 2.05) is 0 Å². The van der Waals surface area contributed by atoms with Crippen molar-refractivity contribution in [1.82, 2.24) is 4.90 Å². The first kappa shape index (κ1) is 17.7. The van der Waals surface area contributed by atoms with Crippen molar-refractivity contribution in [2.75, 3.05) is 25.2 Å². The molecule has 0 saturated carbocycles. The third-order valence-corrected chi connectivity index (χ3v) is 5.61. The largest absolute Gasteiger partial charge is 0.452 e. The SMILES string of the molecule is CN(C(=O)COC(=O)c1cc(Cl)ccc1F)[C@H]1CCS(=O)(=O)C1. The van der Waals surface area contributed by atoms with Crippen LogP contribution in [0.25, 0.3) is 0 Å². The number of halogens is 2. The highest BCUT2D eigenvalue weighted by Gasteiger charge is 2.33. The Morgan fingerprint density at radius 2 is 2.13 bits per heavy atom. The maximum atomic E-state index is 13.5. The molecule has 1 saturated heterocycles. The zero-order valence-electron chi connectivity index (χ0n) is 12.3. The quantitative estimate of drug-likeness (QED) is 0.753. The summed E-state index contributed by atoms with van der Waals surface area (Å²) in [5, 5.41) is 0.165. The van der Waals surface area contributed by atoms with Crippen molar-refractivity contribution in [2.45, 2.75) is 12.5 Å². The Labute approximate surface area is 138 Å². The number of amides is 1. The van der Waals surface area contributed by atoms with Gasteiger partial charge < -0.3 is 9.64 Å². The van der Waals surface area contributed by atoms with Crippen LogP contribution in [-0.2, 0) is 19.4 Å². The molecule has 0 unspecified atom stereocenters. The molecular weight excluding hydrogens is 349 g/mol. The fraction of sp³-hybridized carbons (Fsp3) is 0.429. The lowest BCUT2D eigenvalue weighted by atomic mass is 10.2. The Balaban J connectivity index is 1.93. The van der Waals surface area contributed by atoms with Crippen LogP contribution in [0.4, 0.5) is 4.39 Å². The highest BCUT2D eigenvalue weighted by molar-refractivity contribution is 7.91. The highest BCUT2D eigenvalue weighted by atomic mass is 35.5. The first-order valence-corrected chi connectivity index (χ1v) is 8.98. The molecular formula is C14H15ClFNO5S. The molecule has 0 bridgehead atoms. The summed E-state index contributed by atoms with van der Waals surface area (Å²) in [6.07, 6.45) is 0.349. The third kappa shape index (κ3) is 4.42. The molecule has 1 aromatic rings. The van der Waals surface area contributed by atoms with E-state index in [4.69, 9.17) is 16.3 Å². The molecule has 0 aliphatic carbocycles. The van der Waals surface area contributed by atoms with Gasteiger partial charge in [-0.25, -0.2) is 17.6 Å². The van der Waals surface area contributed by atoms with E-state index in [0.717, 1.165) is 12.1 Å². The first-order valence-electron chi connectivity index (χ1n) is 6.78. The number of hydrogen-bond donors (Lipinski definition) is 0. The van der Waals surface area contributed by atoms with Crippen LogP contribution in [-0.4, -0.2) is 56.4 Å². The van der Waals surface area contributed by atoms with Gasteiger partial charge in [0, 0.05) is 18.1 Å². The van der Waals surface area contributed by atoms with E-state index in [2.05, 4.69) is 0 Å². The number of esters is 1. The van der Waals surface area contributed by atoms with Gasteiger partial charge in [0.25, 0.3) is 5.91 Å². The van der Waals surface area contributed by atoms with Crippen molar-refractivity contribution in [3.05, 3.63) is 34.6 Å². The predicted octanol–water partition coefficient (Wildman–Crippen LogP) is 1.28. The topological polar surface area (TPSA) is 80.8 Å². The number of carbonyl (C=O) groups excluding carboxylic acids is 2. The summed E-state index contributed by atoms with van der Waals surface area (Å²) in [6, 6.07) is 2.98. The van der Waals surface area contributed by atoms with Crippen LogP contribution in [0.2, 0.25) is 5.02 Å². The summed E-state index contributed by atoms with van der Waals surface area (Å²) in [4.78, 5) is 25.0. The minimum atomic E-state index is -3.12. The Morgan fingerprint density at radius 1 is 1.43 bits per heavy atom. The van der Waals surface area contributed by atoms with E-state index in [0.29, 0.717) is 6.42 Å². The summed E-state index contributed by atoms with van der Waals surface area (Å²) in [7, 11) is -1.68. The molecule has 0 radical (unpaired) electrons. The predicted molar refractivity (Wildman–Crippen MR) is 81.5 cm³/mol. The Morgan fingerprint density at radius 3 is 2.74 bits per heavy atom. The second-order valence-corrected chi connectivity index (χ2v) is 7.93. The van der Waals surface area contributed by atoms with Gasteiger partial charge in [0.1, 0.15) is 5.82 Å². The average Bonchev–Trinajstić information content (AvgIpc) is 2.86. The zero-order chi connectivity index (χ0) is 17.2. The minimum Gasteiger partial charge on any atom is -0.452 e. The van der Waals surface area contributed by atoms with E-state index in [9.17, 15) is 22.4 Å². The van der Waals surface area contributed by atoms with Gasteiger partial charge in [0.05, 0.1) is 17.1 Å². The lowest BCUT2D eigenvalue weighted by Crippen LogP contribution is -2.40. The molecule has 1 amide bonds. The van der Waals surface area contributed by atoms with Gasteiger partial charge in [-0.2, -0.15) is 0 Å². The monoisotopic (exact) mass is 363 g/mol. The van der Waals surface area contributed by atoms with Crippen molar-refractivity contribution < 1.29 is 27.1 Å². The summed E-state index contributed by atoms with van der Waals surface area (Å²) < 4.78 is 41.1. The second-order valence-electron chi connectivity index (χ2n) is 5.26. The third-order valence-electron chi connectivity index (χ3n) is 3.62. The molecule has 0 N–H and O–H groups in total. The maximum absolute atomic E-state index is 13.5. The molecule has 23 heavy (non-hydrogen) atoms. The van der Waals surface area contributed by atoms with E-state index in [-0.39, 0.29) is 22.1 Å². The van der Waals surface area contributed by atoms with Crippen molar-refractivity contribution in [2.24, 2.45) is 0 Å². The smallest absolute Gasteiger partial charge is 0.341 e. The number of sulfone groups is 1. The van der Waals surface area contributed by atoms with Crippen LogP contribution in [0.1, 0.15) is 16.8 Å². The van der Waals surface area contributed by atoms with Crippen LogP contribution in [0, 0.1) is 5.82 Å². The van der Waals surface area contributed by atoms with Crippen molar-refractivity contribution in [1.29, 1.82) is 0 Å². The first-order chi connectivity index (χ1) is 10.7. The molecule has 2 rings (SSSR count). The summed E-state index contributed by atoms with van der Waals surface area (Å²) >= 11 is 5.68. The van der Waals surface area contributed by atoms with Gasteiger partial charge in [0.2, 0.25) is 0 Å². The fourth-order valence-electron chi connectivity index (χ4n) is 2.25. The molecule has 0 spiro atoms. The standard InChI is InChI=1S/C14H15ClFNO5S/c1-17(10-4-5-23(20,21)8-10)13(18)7-22-14(19)11-6-9(15)2-3-12(11)16/h2-3,6,10H,4-5,7-8H2,1H3/t10-/m0/s1. The Bertz CT molecular complexity index is 737. The van der Waals surface area contributed by atoms with Gasteiger partial charge in [-0.15, -0.1) is 0 Å². The van der Waals surface area contributed by atoms with Crippen molar-refractivity contribution in [3.8, 4) is 0 Å². The number of rotatable bonds is 4. The normalized spacial score (nSPS) is 19.3. The molecule has 1 aliphatic heterocycles. The molecule has 1 heterocycles. The van der Waals surface area contributed by atoms with Gasteiger partial charge in [0.15, 0.2) is 16.4 Å². The highest BCUT2D eigenvalue weighted by Crippen LogP contribution is 2.18. The van der Waals surface area contributed by atoms with E-state index >= 15 is 0 Å². The van der Waals surface area contributed by atoms with Crippen molar-refractivity contribution in [3.63, 3.8) is 0 Å². The van der Waals surface area contributed by atoms with Crippen LogP contribution in [0.3, 0.4) is 0 Å². The summed E-state index contributed by atoms with van der Waals surface area (Å²) in [5.74, 6) is -2.44. The van der Waals surface area contributed by atoms with Crippen LogP contribution in [0.5, 0.6) is 0 Å². The maximum Gasteiger partial charge on any atom is 0.341 e. The van der Waals surface area contributed by atoms with E-state index in [1.54, 1.807) is 0 Å². The lowest BCUT2D eigenvalue weighted by Gasteiger charge is -2.23. The van der Waals surface area contributed by atoms with E-state index in [1.165, 1.54) is 18.0 Å². The molecule has 6 nitrogen and oxygen atoms in total. The summed E-state index contributed by atoms with van der Waals surface area (Å²) in [5.41, 5.74) is -0.364. The molecule has 1 aromatic carbocycles. The number of ether oxygens (including phenoxy) is 1. The fourth-order valence-corrected chi connectivity index (χ4v) is 4.19. The Kier molecular flexibility index (Phi) is 5.26. The number of benzene rings is 1. The number of hydrogen-bond acceptors (Lipinski definition) is 5. The Hall–Kier alpha value is -1.67. The second kappa shape index (κ2) is 6.84. The van der Waals surface area contributed by atoms with E-state index < -0.39 is 40.2 Å². The molecule has 9 heteroatoms. The van der Waals surface area contributed by atoms with Gasteiger partial charge >= 0.3 is 5.97 Å². The minimum absolute atomic E-state index is 0.0306. The van der Waals surface area contributed by atoms with Crippen LogP contribution >= 0.6 is 11.6 Å². The lowest BCUT2D eigenvalue weighted by molar-refractivity contribution is -0.134.